The van der Waals surface area contributed by atoms with Gasteiger partial charge in [0.25, 0.3) is 5.91 Å². The van der Waals surface area contributed by atoms with Gasteiger partial charge < -0.3 is 14.5 Å². The van der Waals surface area contributed by atoms with E-state index in [-0.39, 0.29) is 18.9 Å². The van der Waals surface area contributed by atoms with E-state index in [1.165, 1.54) is 5.56 Å². The Kier molecular flexibility index (Phi) is 5.63. The number of esters is 1. The number of hydrogen-bond acceptors (Lipinski definition) is 5. The summed E-state index contributed by atoms with van der Waals surface area (Å²) >= 11 is 0. The molecule has 0 fully saturated rings. The Hall–Kier alpha value is -3.15. The summed E-state index contributed by atoms with van der Waals surface area (Å²) in [5.41, 5.74) is 3.30. The summed E-state index contributed by atoms with van der Waals surface area (Å²) in [6.07, 6.45) is 1.37. The van der Waals surface area contributed by atoms with Crippen LogP contribution in [0, 0.1) is 0 Å². The molecule has 1 amide bonds. The first-order valence-electron chi connectivity index (χ1n) is 8.53. The molecule has 0 bridgehead atoms. The molecule has 0 radical (unpaired) electrons. The van der Waals surface area contributed by atoms with E-state index in [4.69, 9.17) is 9.15 Å². The molecule has 2 aromatic carbocycles. The van der Waals surface area contributed by atoms with Crippen LogP contribution in [0.4, 0.5) is 5.69 Å². The summed E-state index contributed by atoms with van der Waals surface area (Å²) in [5.74, 6) is -0.364. The molecule has 1 N–H and O–H groups in total. The standard InChI is InChI=1S/C20H20N2O4/c1-2-14-7-9-15(10-8-14)21-18(23)13-25-20(24)12-11-19-22-16-5-3-4-6-17(16)26-19/h3-10H,2,11-13H2,1H3,(H,21,23). The molecule has 0 atom stereocenters. The van der Waals surface area contributed by atoms with Gasteiger partial charge in [0.2, 0.25) is 0 Å². The van der Waals surface area contributed by atoms with Crippen molar-refractivity contribution < 1.29 is 18.7 Å². The summed E-state index contributed by atoms with van der Waals surface area (Å²) in [5, 5.41) is 2.69. The first kappa shape index (κ1) is 17.7. The van der Waals surface area contributed by atoms with Gasteiger partial charge in [0, 0.05) is 12.1 Å². The van der Waals surface area contributed by atoms with Gasteiger partial charge in [0.15, 0.2) is 18.1 Å². The zero-order chi connectivity index (χ0) is 18.4. The highest BCUT2D eigenvalue weighted by Crippen LogP contribution is 2.15. The van der Waals surface area contributed by atoms with Gasteiger partial charge in [-0.1, -0.05) is 31.2 Å². The zero-order valence-electron chi connectivity index (χ0n) is 14.5. The third-order valence-corrected chi connectivity index (χ3v) is 3.89. The Morgan fingerprint density at radius 2 is 1.88 bits per heavy atom. The van der Waals surface area contributed by atoms with Gasteiger partial charge in [-0.15, -0.1) is 0 Å². The van der Waals surface area contributed by atoms with Crippen molar-refractivity contribution in [2.24, 2.45) is 0 Å². The number of fused-ring (bicyclic) bond motifs is 1. The van der Waals surface area contributed by atoms with Crippen LogP contribution in [0.15, 0.2) is 52.9 Å². The van der Waals surface area contributed by atoms with E-state index in [1.807, 2.05) is 48.5 Å². The molecule has 134 valence electrons. The zero-order valence-corrected chi connectivity index (χ0v) is 14.5. The number of nitrogens with one attached hydrogen (secondary N) is 1. The molecule has 26 heavy (non-hydrogen) atoms. The van der Waals surface area contributed by atoms with Crippen molar-refractivity contribution in [3.05, 3.63) is 60.0 Å². The van der Waals surface area contributed by atoms with Crippen molar-refractivity contribution >= 4 is 28.7 Å². The third kappa shape index (κ3) is 4.69. The molecule has 1 aromatic heterocycles. The minimum Gasteiger partial charge on any atom is -0.456 e. The smallest absolute Gasteiger partial charge is 0.306 e. The summed E-state index contributed by atoms with van der Waals surface area (Å²) in [6, 6.07) is 14.9. The maximum absolute atomic E-state index is 11.8. The van der Waals surface area contributed by atoms with Crippen molar-refractivity contribution in [2.75, 3.05) is 11.9 Å². The van der Waals surface area contributed by atoms with Gasteiger partial charge >= 0.3 is 5.97 Å². The Bertz CT molecular complexity index is 867. The van der Waals surface area contributed by atoms with Crippen LogP contribution in [0.25, 0.3) is 11.1 Å². The lowest BCUT2D eigenvalue weighted by Gasteiger charge is -2.07. The molecular weight excluding hydrogens is 332 g/mol. The molecule has 0 saturated heterocycles. The number of rotatable bonds is 7. The highest BCUT2D eigenvalue weighted by molar-refractivity contribution is 5.92. The van der Waals surface area contributed by atoms with E-state index in [2.05, 4.69) is 17.2 Å². The van der Waals surface area contributed by atoms with E-state index in [0.717, 1.165) is 11.9 Å². The number of aromatic nitrogens is 1. The third-order valence-electron chi connectivity index (χ3n) is 3.89. The summed E-state index contributed by atoms with van der Waals surface area (Å²) in [7, 11) is 0. The van der Waals surface area contributed by atoms with Gasteiger partial charge in [-0.2, -0.15) is 0 Å². The maximum atomic E-state index is 11.8. The van der Waals surface area contributed by atoms with E-state index in [1.54, 1.807) is 0 Å². The lowest BCUT2D eigenvalue weighted by atomic mass is 10.1. The quantitative estimate of drug-likeness (QED) is 0.658. The molecule has 1 heterocycles. The second kappa shape index (κ2) is 8.29. The molecule has 0 unspecified atom stereocenters. The fraction of sp³-hybridized carbons (Fsp3) is 0.250. The number of nitrogens with zero attached hydrogens (tertiary/aromatic N) is 1. The number of carbonyl (C=O) groups is 2. The Labute approximate surface area is 151 Å². The monoisotopic (exact) mass is 352 g/mol. The number of anilines is 1. The average Bonchev–Trinajstić information content (AvgIpc) is 3.08. The van der Waals surface area contributed by atoms with Crippen molar-refractivity contribution in [1.29, 1.82) is 0 Å². The Balaban J connectivity index is 1.42. The van der Waals surface area contributed by atoms with Crippen LogP contribution < -0.4 is 5.32 Å². The number of amides is 1. The molecule has 6 nitrogen and oxygen atoms in total. The predicted octanol–water partition coefficient (Wildman–Crippen LogP) is 3.50. The molecule has 0 spiro atoms. The molecule has 0 aliphatic carbocycles. The van der Waals surface area contributed by atoms with E-state index < -0.39 is 5.97 Å². The summed E-state index contributed by atoms with van der Waals surface area (Å²) in [4.78, 5) is 27.9. The van der Waals surface area contributed by atoms with Gasteiger partial charge in [-0.05, 0) is 36.2 Å². The number of aryl methyl sites for hydroxylation is 2. The fourth-order valence-corrected chi connectivity index (χ4v) is 2.47. The molecule has 3 rings (SSSR count). The number of ether oxygens (including phenoxy) is 1. The van der Waals surface area contributed by atoms with E-state index >= 15 is 0 Å². The lowest BCUT2D eigenvalue weighted by molar-refractivity contribution is -0.147. The van der Waals surface area contributed by atoms with Gasteiger partial charge in [0.1, 0.15) is 5.52 Å². The second-order valence-electron chi connectivity index (χ2n) is 5.83. The lowest BCUT2D eigenvalue weighted by Crippen LogP contribution is -2.21. The first-order chi connectivity index (χ1) is 12.6. The normalized spacial score (nSPS) is 10.7. The highest BCUT2D eigenvalue weighted by atomic mass is 16.5. The molecule has 0 aliphatic heterocycles. The number of benzene rings is 2. The van der Waals surface area contributed by atoms with Crippen molar-refractivity contribution in [3.63, 3.8) is 0 Å². The van der Waals surface area contributed by atoms with E-state index in [0.29, 0.717) is 23.6 Å². The first-order valence-corrected chi connectivity index (χ1v) is 8.53. The molecular formula is C20H20N2O4. The number of para-hydroxylation sites is 2. The van der Waals surface area contributed by atoms with Crippen molar-refractivity contribution in [3.8, 4) is 0 Å². The Morgan fingerprint density at radius 1 is 1.12 bits per heavy atom. The van der Waals surface area contributed by atoms with Crippen LogP contribution in [-0.2, 0) is 27.2 Å². The predicted molar refractivity (Wildman–Crippen MR) is 97.7 cm³/mol. The molecule has 6 heteroatoms. The van der Waals surface area contributed by atoms with Gasteiger partial charge in [-0.3, -0.25) is 9.59 Å². The van der Waals surface area contributed by atoms with Crippen LogP contribution in [0.3, 0.4) is 0 Å². The largest absolute Gasteiger partial charge is 0.456 e. The molecule has 3 aromatic rings. The number of oxazole rings is 1. The SMILES string of the molecule is CCc1ccc(NC(=O)COC(=O)CCc2nc3ccccc3o2)cc1. The minimum atomic E-state index is -0.469. The Morgan fingerprint density at radius 3 is 2.62 bits per heavy atom. The highest BCUT2D eigenvalue weighted by Gasteiger charge is 2.11. The van der Waals surface area contributed by atoms with E-state index in [9.17, 15) is 9.59 Å². The molecule has 0 saturated carbocycles. The average molecular weight is 352 g/mol. The summed E-state index contributed by atoms with van der Waals surface area (Å²) in [6.45, 7) is 1.75. The summed E-state index contributed by atoms with van der Waals surface area (Å²) < 4.78 is 10.5. The van der Waals surface area contributed by atoms with Crippen molar-refractivity contribution in [2.45, 2.75) is 26.2 Å². The van der Waals surface area contributed by atoms with Crippen LogP contribution in [0.1, 0.15) is 24.8 Å². The second-order valence-corrected chi connectivity index (χ2v) is 5.83. The maximum Gasteiger partial charge on any atom is 0.306 e. The number of hydrogen-bond donors (Lipinski definition) is 1. The van der Waals surface area contributed by atoms with Crippen LogP contribution in [0.5, 0.6) is 0 Å². The number of carbonyl (C=O) groups excluding carboxylic acids is 2. The fourth-order valence-electron chi connectivity index (χ4n) is 2.47. The minimum absolute atomic E-state index is 0.102. The van der Waals surface area contributed by atoms with Gasteiger partial charge in [0.05, 0.1) is 6.42 Å². The van der Waals surface area contributed by atoms with Crippen LogP contribution in [-0.4, -0.2) is 23.5 Å². The van der Waals surface area contributed by atoms with Crippen LogP contribution in [0.2, 0.25) is 0 Å². The molecule has 0 aliphatic rings. The van der Waals surface area contributed by atoms with Gasteiger partial charge in [-0.25, -0.2) is 4.98 Å². The van der Waals surface area contributed by atoms with Crippen LogP contribution >= 0.6 is 0 Å². The topological polar surface area (TPSA) is 81.4 Å². The van der Waals surface area contributed by atoms with Crippen molar-refractivity contribution in [1.82, 2.24) is 4.98 Å².